The van der Waals surface area contributed by atoms with Crippen LogP contribution in [-0.2, 0) is 11.2 Å². The van der Waals surface area contributed by atoms with Crippen molar-refractivity contribution in [3.63, 3.8) is 0 Å². The molecule has 26 heavy (non-hydrogen) atoms. The van der Waals surface area contributed by atoms with Gasteiger partial charge in [-0.3, -0.25) is 4.79 Å². The number of amides is 1. The van der Waals surface area contributed by atoms with Crippen molar-refractivity contribution in [2.45, 2.75) is 65.0 Å². The summed E-state index contributed by atoms with van der Waals surface area (Å²) >= 11 is 0. The summed E-state index contributed by atoms with van der Waals surface area (Å²) in [7, 11) is 0. The van der Waals surface area contributed by atoms with Gasteiger partial charge in [0.2, 0.25) is 5.91 Å². The maximum absolute atomic E-state index is 12.8. The highest BCUT2D eigenvalue weighted by molar-refractivity contribution is 5.79. The number of fused-ring (bicyclic) bond motifs is 1. The molecule has 0 saturated carbocycles. The molecule has 138 valence electrons. The topological polar surface area (TPSA) is 38.3 Å². The van der Waals surface area contributed by atoms with Crippen molar-refractivity contribution < 1.29 is 9.53 Å². The highest BCUT2D eigenvalue weighted by Gasteiger charge is 2.38. The number of hydrogen-bond acceptors (Lipinski definition) is 2. The van der Waals surface area contributed by atoms with E-state index < -0.39 is 0 Å². The number of aryl methyl sites for hydroxylation is 2. The average Bonchev–Trinajstić information content (AvgIpc) is 2.64. The Morgan fingerprint density at radius 1 is 1.15 bits per heavy atom. The van der Waals surface area contributed by atoms with Crippen LogP contribution < -0.4 is 10.1 Å². The van der Waals surface area contributed by atoms with Crippen molar-refractivity contribution in [3.8, 4) is 5.75 Å². The first-order valence-electron chi connectivity index (χ1n) is 9.60. The van der Waals surface area contributed by atoms with Gasteiger partial charge in [-0.2, -0.15) is 0 Å². The molecule has 0 fully saturated rings. The van der Waals surface area contributed by atoms with E-state index in [0.717, 1.165) is 36.1 Å². The van der Waals surface area contributed by atoms with Crippen LogP contribution in [0.25, 0.3) is 0 Å². The van der Waals surface area contributed by atoms with Crippen molar-refractivity contribution in [2.24, 2.45) is 0 Å². The Morgan fingerprint density at radius 3 is 2.58 bits per heavy atom. The number of para-hydroxylation sites is 1. The molecule has 1 amide bonds. The van der Waals surface area contributed by atoms with E-state index in [1.807, 2.05) is 18.2 Å². The zero-order chi connectivity index (χ0) is 18.7. The SMILES string of the molecule is CCC1(CC)C[C@H](NC(=O)Cc2ccc(C)cc2C)c2ccccc2O1. The molecule has 1 aliphatic heterocycles. The number of hydrogen-bond donors (Lipinski definition) is 1. The lowest BCUT2D eigenvalue weighted by Gasteiger charge is -2.41. The summed E-state index contributed by atoms with van der Waals surface area (Å²) in [6, 6.07) is 14.3. The standard InChI is InChI=1S/C23H29NO2/c1-5-23(6-2)15-20(19-9-7-8-10-21(19)26-23)24-22(25)14-18-12-11-16(3)13-17(18)4/h7-13,20H,5-6,14-15H2,1-4H3,(H,24,25)/t20-/m0/s1. The van der Waals surface area contributed by atoms with E-state index in [1.165, 1.54) is 11.1 Å². The van der Waals surface area contributed by atoms with Gasteiger partial charge in [-0.25, -0.2) is 0 Å². The summed E-state index contributed by atoms with van der Waals surface area (Å²) in [6.45, 7) is 8.46. The van der Waals surface area contributed by atoms with E-state index in [-0.39, 0.29) is 17.6 Å². The third-order valence-corrected chi connectivity index (χ3v) is 5.67. The van der Waals surface area contributed by atoms with Crippen LogP contribution in [0.2, 0.25) is 0 Å². The first-order valence-corrected chi connectivity index (χ1v) is 9.60. The fraction of sp³-hybridized carbons (Fsp3) is 0.435. The summed E-state index contributed by atoms with van der Waals surface area (Å²) in [5.74, 6) is 0.971. The molecule has 0 aliphatic carbocycles. The Morgan fingerprint density at radius 2 is 1.88 bits per heavy atom. The van der Waals surface area contributed by atoms with Gasteiger partial charge in [0.05, 0.1) is 12.5 Å². The number of benzene rings is 2. The van der Waals surface area contributed by atoms with Crippen LogP contribution in [0.5, 0.6) is 5.75 Å². The Balaban J connectivity index is 1.80. The van der Waals surface area contributed by atoms with Crippen LogP contribution in [0.15, 0.2) is 42.5 Å². The second-order valence-electron chi connectivity index (χ2n) is 7.46. The monoisotopic (exact) mass is 351 g/mol. The number of carbonyl (C=O) groups excluding carboxylic acids is 1. The lowest BCUT2D eigenvalue weighted by molar-refractivity contribution is -0.121. The smallest absolute Gasteiger partial charge is 0.224 e. The van der Waals surface area contributed by atoms with E-state index in [9.17, 15) is 4.79 Å². The summed E-state index contributed by atoms with van der Waals surface area (Å²) in [6.07, 6.45) is 3.09. The number of nitrogens with one attached hydrogen (secondary N) is 1. The van der Waals surface area contributed by atoms with Gasteiger partial charge in [-0.05, 0) is 43.9 Å². The quantitative estimate of drug-likeness (QED) is 0.819. The predicted octanol–water partition coefficient (Wildman–Crippen LogP) is 5.04. The van der Waals surface area contributed by atoms with E-state index in [2.05, 4.69) is 57.3 Å². The molecule has 3 heteroatoms. The molecule has 1 atom stereocenters. The molecule has 3 nitrogen and oxygen atoms in total. The Kier molecular flexibility index (Phi) is 5.36. The summed E-state index contributed by atoms with van der Waals surface area (Å²) in [5, 5.41) is 3.27. The highest BCUT2D eigenvalue weighted by Crippen LogP contribution is 2.42. The van der Waals surface area contributed by atoms with Crippen molar-refractivity contribution in [2.75, 3.05) is 0 Å². The zero-order valence-corrected chi connectivity index (χ0v) is 16.3. The Hall–Kier alpha value is -2.29. The third kappa shape index (κ3) is 3.77. The summed E-state index contributed by atoms with van der Waals surface area (Å²) in [5.41, 5.74) is 4.36. The molecule has 0 aromatic heterocycles. The minimum absolute atomic E-state index is 0.00176. The number of carbonyl (C=O) groups is 1. The van der Waals surface area contributed by atoms with Crippen molar-refractivity contribution in [1.29, 1.82) is 0 Å². The molecule has 0 unspecified atom stereocenters. The van der Waals surface area contributed by atoms with Crippen LogP contribution in [0.1, 0.15) is 61.4 Å². The normalized spacial score (nSPS) is 17.9. The number of ether oxygens (including phenoxy) is 1. The molecule has 3 rings (SSSR count). The minimum atomic E-state index is -0.202. The van der Waals surface area contributed by atoms with Crippen molar-refractivity contribution >= 4 is 5.91 Å². The maximum Gasteiger partial charge on any atom is 0.224 e. The van der Waals surface area contributed by atoms with Crippen LogP contribution in [0.3, 0.4) is 0 Å². The summed E-state index contributed by atoms with van der Waals surface area (Å²) in [4.78, 5) is 12.8. The molecule has 2 aromatic carbocycles. The molecular formula is C23H29NO2. The van der Waals surface area contributed by atoms with Gasteiger partial charge < -0.3 is 10.1 Å². The largest absolute Gasteiger partial charge is 0.487 e. The van der Waals surface area contributed by atoms with Gasteiger partial charge in [0.25, 0.3) is 0 Å². The van der Waals surface area contributed by atoms with Gasteiger partial charge in [0.1, 0.15) is 11.4 Å². The highest BCUT2D eigenvalue weighted by atomic mass is 16.5. The Bertz CT molecular complexity index is 793. The molecule has 0 spiro atoms. The minimum Gasteiger partial charge on any atom is -0.487 e. The lowest BCUT2D eigenvalue weighted by atomic mass is 9.83. The third-order valence-electron chi connectivity index (χ3n) is 5.67. The zero-order valence-electron chi connectivity index (χ0n) is 16.3. The molecule has 0 bridgehead atoms. The van der Waals surface area contributed by atoms with E-state index in [4.69, 9.17) is 4.74 Å². The van der Waals surface area contributed by atoms with Crippen molar-refractivity contribution in [1.82, 2.24) is 5.32 Å². The van der Waals surface area contributed by atoms with Crippen LogP contribution in [0, 0.1) is 13.8 Å². The second kappa shape index (κ2) is 7.53. The first-order chi connectivity index (χ1) is 12.5. The molecule has 2 aromatic rings. The van der Waals surface area contributed by atoms with Gasteiger partial charge in [0.15, 0.2) is 0 Å². The number of rotatable bonds is 5. The van der Waals surface area contributed by atoms with Gasteiger partial charge in [-0.1, -0.05) is 55.8 Å². The maximum atomic E-state index is 12.8. The van der Waals surface area contributed by atoms with Gasteiger partial charge in [-0.15, -0.1) is 0 Å². The van der Waals surface area contributed by atoms with E-state index >= 15 is 0 Å². The average molecular weight is 351 g/mol. The molecular weight excluding hydrogens is 322 g/mol. The molecule has 1 heterocycles. The molecule has 0 radical (unpaired) electrons. The Labute approximate surface area is 156 Å². The predicted molar refractivity (Wildman–Crippen MR) is 106 cm³/mol. The van der Waals surface area contributed by atoms with E-state index in [1.54, 1.807) is 0 Å². The lowest BCUT2D eigenvalue weighted by Crippen LogP contribution is -2.44. The van der Waals surface area contributed by atoms with Gasteiger partial charge >= 0.3 is 0 Å². The first kappa shape index (κ1) is 18.5. The fourth-order valence-electron chi connectivity index (χ4n) is 3.89. The molecule has 1 aliphatic rings. The van der Waals surface area contributed by atoms with Crippen LogP contribution in [-0.4, -0.2) is 11.5 Å². The van der Waals surface area contributed by atoms with Crippen LogP contribution in [0.4, 0.5) is 0 Å². The molecule has 0 saturated heterocycles. The van der Waals surface area contributed by atoms with Crippen molar-refractivity contribution in [3.05, 3.63) is 64.7 Å². The van der Waals surface area contributed by atoms with E-state index in [0.29, 0.717) is 6.42 Å². The van der Waals surface area contributed by atoms with Crippen LogP contribution >= 0.6 is 0 Å². The molecule has 1 N–H and O–H groups in total. The fourth-order valence-corrected chi connectivity index (χ4v) is 3.89. The summed E-state index contributed by atoms with van der Waals surface area (Å²) < 4.78 is 6.33. The second-order valence-corrected chi connectivity index (χ2v) is 7.46. The van der Waals surface area contributed by atoms with Gasteiger partial charge in [0, 0.05) is 12.0 Å².